The highest BCUT2D eigenvalue weighted by molar-refractivity contribution is 9.09. The number of benzene rings is 1. The van der Waals surface area contributed by atoms with Gasteiger partial charge in [-0.1, -0.05) is 28.1 Å². The lowest BCUT2D eigenvalue weighted by molar-refractivity contribution is -0.140. The van der Waals surface area contributed by atoms with Gasteiger partial charge in [-0.05, 0) is 36.6 Å². The van der Waals surface area contributed by atoms with Crippen LogP contribution in [0.3, 0.4) is 0 Å². The molecule has 1 rings (SSSR count). The molecule has 0 nitrogen and oxygen atoms in total. The monoisotopic (exact) mass is 310 g/mol. The number of hydrogen-bond donors (Lipinski definition) is 0. The predicted molar refractivity (Wildman–Crippen MR) is 63.5 cm³/mol. The highest BCUT2D eigenvalue weighted by Gasteiger charge is 2.34. The van der Waals surface area contributed by atoms with Crippen LogP contribution in [0.1, 0.15) is 24.5 Å². The molecule has 0 unspecified atom stereocenters. The van der Waals surface area contributed by atoms with Crippen molar-refractivity contribution in [1.29, 1.82) is 0 Å². The molecule has 0 fully saturated rings. The number of hydrogen-bond acceptors (Lipinski definition) is 0. The van der Waals surface area contributed by atoms with Gasteiger partial charge in [0, 0.05) is 5.33 Å². The first-order chi connectivity index (χ1) is 7.86. The topological polar surface area (TPSA) is 0 Å². The van der Waals surface area contributed by atoms with E-state index < -0.39 is 17.6 Å². The molecular weight excluding hydrogens is 300 g/mol. The normalized spacial score (nSPS) is 12.9. The molecule has 94 valence electrons. The first-order valence-corrected chi connectivity index (χ1v) is 6.08. The summed E-state index contributed by atoms with van der Waals surface area (Å²) >= 11 is 3.22. The second-order valence-electron chi connectivity index (χ2n) is 3.56. The van der Waals surface area contributed by atoms with Gasteiger partial charge in [0.1, 0.15) is 5.82 Å². The van der Waals surface area contributed by atoms with Crippen LogP contribution >= 0.6 is 15.9 Å². The Balaban J connectivity index is 3.13. The Hall–Kier alpha value is -0.840. The summed E-state index contributed by atoms with van der Waals surface area (Å²) in [6, 6.07) is 3.05. The smallest absolute Gasteiger partial charge is 0.206 e. The molecule has 0 saturated carbocycles. The third kappa shape index (κ3) is 3.84. The molecule has 5 heteroatoms. The average molecular weight is 311 g/mol. The van der Waals surface area contributed by atoms with Gasteiger partial charge in [-0.2, -0.15) is 13.2 Å². The second kappa shape index (κ2) is 5.67. The van der Waals surface area contributed by atoms with Crippen LogP contribution in [0.2, 0.25) is 0 Å². The Morgan fingerprint density at radius 2 is 2.00 bits per heavy atom. The second-order valence-corrected chi connectivity index (χ2v) is 4.35. The Bertz CT molecular complexity index is 421. The molecule has 0 atom stereocenters. The van der Waals surface area contributed by atoms with E-state index in [-0.39, 0.29) is 0 Å². The number of alkyl halides is 4. The van der Waals surface area contributed by atoms with Crippen LogP contribution in [0.5, 0.6) is 0 Å². The lowest BCUT2D eigenvalue weighted by Crippen LogP contribution is -2.08. The van der Waals surface area contributed by atoms with Gasteiger partial charge in [0.25, 0.3) is 0 Å². The van der Waals surface area contributed by atoms with E-state index in [2.05, 4.69) is 15.9 Å². The van der Waals surface area contributed by atoms with Gasteiger partial charge in [0.2, 0.25) is 0 Å². The fourth-order valence-corrected chi connectivity index (χ4v) is 1.61. The van der Waals surface area contributed by atoms with Crippen LogP contribution in [-0.4, -0.2) is 5.33 Å². The molecular formula is C12H11BrF4. The van der Waals surface area contributed by atoms with Crippen molar-refractivity contribution in [2.24, 2.45) is 0 Å². The van der Waals surface area contributed by atoms with Gasteiger partial charge in [-0.15, -0.1) is 0 Å². The van der Waals surface area contributed by atoms with Crippen LogP contribution in [0.15, 0.2) is 24.3 Å². The van der Waals surface area contributed by atoms with Crippen LogP contribution in [-0.2, 0) is 6.18 Å². The minimum absolute atomic E-state index is 0.389. The van der Waals surface area contributed by atoms with E-state index >= 15 is 0 Å². The van der Waals surface area contributed by atoms with Crippen molar-refractivity contribution in [2.75, 3.05) is 5.33 Å². The Morgan fingerprint density at radius 1 is 1.35 bits per heavy atom. The molecule has 17 heavy (non-hydrogen) atoms. The molecule has 0 aliphatic carbocycles. The maximum absolute atomic E-state index is 13.0. The minimum Gasteiger partial charge on any atom is -0.206 e. The quantitative estimate of drug-likeness (QED) is 0.542. The molecule has 0 heterocycles. The maximum atomic E-state index is 13.0. The fraction of sp³-hybridized carbons (Fsp3) is 0.333. The Kier molecular flexibility index (Phi) is 4.74. The summed E-state index contributed by atoms with van der Waals surface area (Å²) in [5.41, 5.74) is -0.129. The summed E-state index contributed by atoms with van der Waals surface area (Å²) in [6.07, 6.45) is -2.14. The molecule has 0 saturated heterocycles. The van der Waals surface area contributed by atoms with Crippen molar-refractivity contribution < 1.29 is 17.6 Å². The molecule has 0 aliphatic rings. The maximum Gasteiger partial charge on any atom is 0.419 e. The highest BCUT2D eigenvalue weighted by Crippen LogP contribution is 2.33. The molecule has 1 aromatic carbocycles. The molecule has 0 N–H and O–H groups in total. The molecule has 0 radical (unpaired) electrons. The molecule has 0 aromatic heterocycles. The largest absolute Gasteiger partial charge is 0.419 e. The molecule has 1 aromatic rings. The van der Waals surface area contributed by atoms with Crippen LogP contribution < -0.4 is 0 Å². The first kappa shape index (κ1) is 14.2. The molecule has 0 spiro atoms. The van der Waals surface area contributed by atoms with Crippen molar-refractivity contribution in [3.63, 3.8) is 0 Å². The Labute approximate surface area is 105 Å². The van der Waals surface area contributed by atoms with Crippen LogP contribution in [0, 0.1) is 5.82 Å². The van der Waals surface area contributed by atoms with Crippen molar-refractivity contribution in [1.82, 2.24) is 0 Å². The number of rotatable bonds is 3. The lowest BCUT2D eigenvalue weighted by atomic mass is 10.0. The standard InChI is InChI=1S/C12H11BrF4/c1-8(3-2-6-13)9-4-5-11(14)10(7-9)12(15,16)17/h3-5,7H,2,6H2,1H3/b8-3-. The minimum atomic E-state index is -4.66. The van der Waals surface area contributed by atoms with Gasteiger partial charge in [-0.25, -0.2) is 4.39 Å². The SMILES string of the molecule is C/C(=C/CCBr)c1ccc(F)c(C(F)(F)F)c1. The fourth-order valence-electron chi connectivity index (χ4n) is 1.38. The first-order valence-electron chi connectivity index (χ1n) is 4.96. The summed E-state index contributed by atoms with van der Waals surface area (Å²) < 4.78 is 50.5. The zero-order chi connectivity index (χ0) is 13.1. The highest BCUT2D eigenvalue weighted by atomic mass is 79.9. The van der Waals surface area contributed by atoms with E-state index in [4.69, 9.17) is 0 Å². The summed E-state index contributed by atoms with van der Waals surface area (Å²) in [5.74, 6) is -1.24. The average Bonchev–Trinajstić information content (AvgIpc) is 2.25. The van der Waals surface area contributed by atoms with Crippen molar-refractivity contribution >= 4 is 21.5 Å². The van der Waals surface area contributed by atoms with Crippen molar-refractivity contribution in [3.8, 4) is 0 Å². The zero-order valence-electron chi connectivity index (χ0n) is 9.11. The van der Waals surface area contributed by atoms with Gasteiger partial charge in [-0.3, -0.25) is 0 Å². The Morgan fingerprint density at radius 3 is 2.53 bits per heavy atom. The lowest BCUT2D eigenvalue weighted by Gasteiger charge is -2.10. The molecule has 0 bridgehead atoms. The van der Waals surface area contributed by atoms with E-state index in [1.54, 1.807) is 6.92 Å². The van der Waals surface area contributed by atoms with Gasteiger partial charge in [0.15, 0.2) is 0 Å². The predicted octanol–water partition coefficient (Wildman–Crippen LogP) is 5.03. The third-order valence-electron chi connectivity index (χ3n) is 2.29. The van der Waals surface area contributed by atoms with E-state index in [0.717, 1.165) is 17.5 Å². The third-order valence-corrected chi connectivity index (χ3v) is 2.74. The summed E-state index contributed by atoms with van der Waals surface area (Å²) in [6.45, 7) is 1.70. The van der Waals surface area contributed by atoms with Crippen LogP contribution in [0.25, 0.3) is 5.57 Å². The van der Waals surface area contributed by atoms with Crippen molar-refractivity contribution in [2.45, 2.75) is 19.5 Å². The van der Waals surface area contributed by atoms with E-state index in [1.165, 1.54) is 6.07 Å². The van der Waals surface area contributed by atoms with Gasteiger partial charge < -0.3 is 0 Å². The molecule has 0 aliphatic heterocycles. The van der Waals surface area contributed by atoms with Crippen molar-refractivity contribution in [3.05, 3.63) is 41.2 Å². The zero-order valence-corrected chi connectivity index (χ0v) is 10.7. The molecule has 0 amide bonds. The van der Waals surface area contributed by atoms with Crippen LogP contribution in [0.4, 0.5) is 17.6 Å². The summed E-state index contributed by atoms with van der Waals surface area (Å²) in [5, 5.41) is 0.734. The number of allylic oxidation sites excluding steroid dienone is 2. The number of halogens is 5. The van der Waals surface area contributed by atoms with Gasteiger partial charge >= 0.3 is 6.18 Å². The van der Waals surface area contributed by atoms with E-state index in [9.17, 15) is 17.6 Å². The summed E-state index contributed by atoms with van der Waals surface area (Å²) in [4.78, 5) is 0. The van der Waals surface area contributed by atoms with E-state index in [1.807, 2.05) is 6.08 Å². The summed E-state index contributed by atoms with van der Waals surface area (Å²) in [7, 11) is 0. The van der Waals surface area contributed by atoms with E-state index in [0.29, 0.717) is 17.6 Å². The van der Waals surface area contributed by atoms with Gasteiger partial charge in [0.05, 0.1) is 5.56 Å².